The quantitative estimate of drug-likeness (QED) is 0.591. The van der Waals surface area contributed by atoms with E-state index in [1.54, 1.807) is 4.44 Å². The predicted molar refractivity (Wildman–Crippen MR) is 66.9 cm³/mol. The summed E-state index contributed by atoms with van der Waals surface area (Å²) < 4.78 is 1.80. The first-order valence-electron chi connectivity index (χ1n) is 5.95. The Morgan fingerprint density at radius 2 is 1.71 bits per heavy atom. The number of hydrogen-bond donors (Lipinski definition) is 0. The van der Waals surface area contributed by atoms with E-state index in [9.17, 15) is 0 Å². The van der Waals surface area contributed by atoms with Crippen LogP contribution in [0.5, 0.6) is 0 Å². The first-order chi connectivity index (χ1) is 6.59. The van der Waals surface area contributed by atoms with Crippen molar-refractivity contribution in [1.29, 1.82) is 0 Å². The van der Waals surface area contributed by atoms with Gasteiger partial charge in [-0.05, 0) is 6.42 Å². The molecule has 1 heteroatoms. The van der Waals surface area contributed by atoms with E-state index in [1.165, 1.54) is 17.0 Å². The average molecular weight is 206 g/mol. The lowest BCUT2D eigenvalue weighted by molar-refractivity contribution is 0.691. The Hall–Kier alpha value is 0.0125. The molecule has 0 fully saturated rings. The summed E-state index contributed by atoms with van der Waals surface area (Å²) in [5.41, 5.74) is 0. The van der Waals surface area contributed by atoms with Gasteiger partial charge in [-0.2, -0.15) is 0 Å². The first kappa shape index (κ1) is 12.1. The van der Waals surface area contributed by atoms with Gasteiger partial charge in [0, 0.05) is 0 Å². The van der Waals surface area contributed by atoms with Gasteiger partial charge < -0.3 is 0 Å². The van der Waals surface area contributed by atoms with Crippen molar-refractivity contribution in [2.75, 3.05) is 0 Å². The van der Waals surface area contributed by atoms with Gasteiger partial charge in [-0.1, -0.05) is 68.3 Å². The number of allylic oxidation sites excluding steroid dienone is 4. The highest BCUT2D eigenvalue weighted by molar-refractivity contribution is 6.67. The maximum atomic E-state index is 2.39. The van der Waals surface area contributed by atoms with Crippen LogP contribution in [0.3, 0.4) is 0 Å². The molecule has 0 heterocycles. The fourth-order valence-corrected chi connectivity index (χ4v) is 6.23. The summed E-state index contributed by atoms with van der Waals surface area (Å²) in [5.74, 6) is 1.76. The third kappa shape index (κ3) is 4.03. The zero-order valence-corrected chi connectivity index (χ0v) is 11.2. The van der Waals surface area contributed by atoms with Crippen molar-refractivity contribution < 1.29 is 0 Å². The van der Waals surface area contributed by atoms with E-state index in [1.807, 2.05) is 0 Å². The Labute approximate surface area is 93.5 Å². The minimum atomic E-state index is -0.603. The summed E-state index contributed by atoms with van der Waals surface area (Å²) in [6.07, 6.45) is 8.21. The molecule has 0 unspecified atom stereocenters. The van der Waals surface area contributed by atoms with Gasteiger partial charge in [0.2, 0.25) is 0 Å². The summed E-state index contributed by atoms with van der Waals surface area (Å²) in [6.45, 7) is 9.46. The molecular formula is C13H23Al. The zero-order valence-electron chi connectivity index (χ0n) is 10.1. The van der Waals surface area contributed by atoms with Crippen molar-refractivity contribution in [2.45, 2.75) is 44.7 Å². The maximum Gasteiger partial charge on any atom is 0.300 e. The smallest absolute Gasteiger partial charge is 0.127 e. The molecule has 0 radical (unpaired) electrons. The summed E-state index contributed by atoms with van der Waals surface area (Å²) >= 11 is -0.603. The second kappa shape index (κ2) is 5.79. The van der Waals surface area contributed by atoms with Crippen LogP contribution in [0.15, 0.2) is 22.7 Å². The Morgan fingerprint density at radius 1 is 1.14 bits per heavy atom. The maximum absolute atomic E-state index is 2.39. The Kier molecular flexibility index (Phi) is 5.00. The largest absolute Gasteiger partial charge is 0.300 e. The van der Waals surface area contributed by atoms with Crippen LogP contribution < -0.4 is 0 Å². The van der Waals surface area contributed by atoms with Crippen LogP contribution in [0.2, 0.25) is 10.6 Å². The average Bonchev–Trinajstić information content (AvgIpc) is 2.52. The zero-order chi connectivity index (χ0) is 10.6. The minimum absolute atomic E-state index is 0.603. The molecule has 14 heavy (non-hydrogen) atoms. The standard InChI is InChI=1S/C5H5.2C4H9.Al/c1-2-4-5-3-1;2*1-4(2)3;/h1-3H,4H2;2*4H,1H2,2-3H3;. The van der Waals surface area contributed by atoms with Crippen molar-refractivity contribution in [3.63, 3.8) is 0 Å². The van der Waals surface area contributed by atoms with Crippen LogP contribution in [0.4, 0.5) is 0 Å². The molecule has 1 aliphatic carbocycles. The highest BCUT2D eigenvalue weighted by Crippen LogP contribution is 2.25. The second-order valence-electron chi connectivity index (χ2n) is 5.33. The van der Waals surface area contributed by atoms with E-state index in [4.69, 9.17) is 0 Å². The van der Waals surface area contributed by atoms with E-state index in [2.05, 4.69) is 45.9 Å². The molecule has 78 valence electrons. The lowest BCUT2D eigenvalue weighted by atomic mass is 10.3. The molecule has 0 bridgehead atoms. The number of rotatable bonds is 5. The molecule has 0 saturated heterocycles. The van der Waals surface area contributed by atoms with E-state index in [0.29, 0.717) is 0 Å². The van der Waals surface area contributed by atoms with Crippen molar-refractivity contribution in [3.8, 4) is 0 Å². The highest BCUT2D eigenvalue weighted by Gasteiger charge is 2.24. The summed E-state index contributed by atoms with van der Waals surface area (Å²) in [5, 5.41) is 2.98. The van der Waals surface area contributed by atoms with Crippen molar-refractivity contribution in [1.82, 2.24) is 0 Å². The molecule has 0 atom stereocenters. The lowest BCUT2D eigenvalue weighted by Gasteiger charge is -2.17. The molecule has 0 aromatic rings. The van der Waals surface area contributed by atoms with Gasteiger partial charge in [0.1, 0.15) is 0 Å². The van der Waals surface area contributed by atoms with Gasteiger partial charge >= 0.3 is 0 Å². The van der Waals surface area contributed by atoms with Crippen LogP contribution in [-0.2, 0) is 0 Å². The predicted octanol–water partition coefficient (Wildman–Crippen LogP) is 4.22. The van der Waals surface area contributed by atoms with Crippen molar-refractivity contribution in [3.05, 3.63) is 22.7 Å². The van der Waals surface area contributed by atoms with Crippen LogP contribution in [0.25, 0.3) is 0 Å². The van der Waals surface area contributed by atoms with Gasteiger partial charge in [0.15, 0.2) is 0 Å². The second-order valence-corrected chi connectivity index (χ2v) is 8.41. The highest BCUT2D eigenvalue weighted by atomic mass is 27.2. The van der Waals surface area contributed by atoms with Crippen LogP contribution in [0, 0.1) is 11.8 Å². The third-order valence-corrected chi connectivity index (χ3v) is 7.34. The molecule has 1 rings (SSSR count). The normalized spacial score (nSPS) is 15.4. The third-order valence-electron chi connectivity index (χ3n) is 2.84. The van der Waals surface area contributed by atoms with Crippen LogP contribution >= 0.6 is 0 Å². The van der Waals surface area contributed by atoms with Crippen molar-refractivity contribution in [2.24, 2.45) is 11.8 Å². The molecule has 0 spiro atoms. The Balaban J connectivity index is 2.52. The first-order valence-corrected chi connectivity index (χ1v) is 8.16. The minimum Gasteiger partial charge on any atom is -0.127 e. The SMILES string of the molecule is CC(C)[CH2][Al]([CH2]C(C)C)[C]1=CC=CC1. The summed E-state index contributed by atoms with van der Waals surface area (Å²) in [7, 11) is 0. The van der Waals surface area contributed by atoms with Gasteiger partial charge in [-0.15, -0.1) is 4.44 Å². The van der Waals surface area contributed by atoms with E-state index < -0.39 is 14.1 Å². The lowest BCUT2D eigenvalue weighted by Crippen LogP contribution is -2.20. The van der Waals surface area contributed by atoms with Gasteiger partial charge in [0.05, 0.1) is 0 Å². The van der Waals surface area contributed by atoms with Gasteiger partial charge in [0.25, 0.3) is 14.1 Å². The molecule has 0 aliphatic heterocycles. The van der Waals surface area contributed by atoms with E-state index >= 15 is 0 Å². The van der Waals surface area contributed by atoms with E-state index in [0.717, 1.165) is 11.8 Å². The molecular weight excluding hydrogens is 183 g/mol. The molecule has 1 aliphatic rings. The molecule has 0 saturated carbocycles. The number of hydrogen-bond acceptors (Lipinski definition) is 0. The van der Waals surface area contributed by atoms with Crippen LogP contribution in [-0.4, -0.2) is 14.1 Å². The summed E-state index contributed by atoms with van der Waals surface area (Å²) in [6, 6.07) is 0. The fraction of sp³-hybridized carbons (Fsp3) is 0.692. The molecule has 0 amide bonds. The van der Waals surface area contributed by atoms with E-state index in [-0.39, 0.29) is 0 Å². The Morgan fingerprint density at radius 3 is 2.07 bits per heavy atom. The van der Waals surface area contributed by atoms with Crippen molar-refractivity contribution >= 4 is 14.1 Å². The summed E-state index contributed by atoms with van der Waals surface area (Å²) in [4.78, 5) is 0. The molecule has 0 aromatic carbocycles. The van der Waals surface area contributed by atoms with Gasteiger partial charge in [-0.3, -0.25) is 0 Å². The molecule has 0 N–H and O–H groups in total. The van der Waals surface area contributed by atoms with Crippen LogP contribution in [0.1, 0.15) is 34.1 Å². The monoisotopic (exact) mass is 206 g/mol. The molecule has 0 nitrogen and oxygen atoms in total. The van der Waals surface area contributed by atoms with Gasteiger partial charge in [-0.25, -0.2) is 0 Å². The topological polar surface area (TPSA) is 0 Å². The Bertz CT molecular complexity index is 213. The fourth-order valence-electron chi connectivity index (χ4n) is 2.30. The molecule has 0 aromatic heterocycles.